The Morgan fingerprint density at radius 3 is 2.39 bits per heavy atom. The zero-order valence-electron chi connectivity index (χ0n) is 33.0. The first kappa shape index (κ1) is 37.4. The van der Waals surface area contributed by atoms with E-state index in [0.29, 0.717) is 79.8 Å². The Balaban J connectivity index is 0.741. The predicted octanol–water partition coefficient (Wildman–Crippen LogP) is 2.92. The summed E-state index contributed by atoms with van der Waals surface area (Å²) in [7, 11) is 0. The van der Waals surface area contributed by atoms with Gasteiger partial charge in [-0.05, 0) is 85.5 Å². The van der Waals surface area contributed by atoms with Crippen molar-refractivity contribution in [1.29, 1.82) is 0 Å². The molecule has 10 rings (SSSR count). The second kappa shape index (κ2) is 15.4. The molecule has 2 aromatic heterocycles. The highest BCUT2D eigenvalue weighted by Gasteiger charge is 2.40. The topological polar surface area (TPSA) is 165 Å². The van der Waals surface area contributed by atoms with Crippen molar-refractivity contribution in [3.8, 4) is 0 Å². The van der Waals surface area contributed by atoms with Crippen molar-refractivity contribution in [3.63, 3.8) is 0 Å². The molecular formula is C43H48N10O6. The zero-order chi connectivity index (χ0) is 40.2. The monoisotopic (exact) mass is 800 g/mol. The summed E-state index contributed by atoms with van der Waals surface area (Å²) >= 11 is 0. The molecule has 1 atom stereocenters. The minimum absolute atomic E-state index is 0.0599. The number of benzene rings is 2. The fraction of sp³-hybridized carbons (Fsp3) is 0.465. The quantitative estimate of drug-likeness (QED) is 0.252. The molecule has 16 nitrogen and oxygen atoms in total. The first-order chi connectivity index (χ1) is 28.8. The van der Waals surface area contributed by atoms with Gasteiger partial charge in [0.1, 0.15) is 11.6 Å². The van der Waals surface area contributed by atoms with E-state index in [1.165, 1.54) is 6.20 Å². The number of likely N-dealkylation sites (tertiary alicyclic amines) is 1. The Morgan fingerprint density at radius 1 is 0.831 bits per heavy atom. The highest BCUT2D eigenvalue weighted by atomic mass is 16.5. The van der Waals surface area contributed by atoms with Crippen LogP contribution in [-0.2, 0) is 27.4 Å². The van der Waals surface area contributed by atoms with Crippen LogP contribution in [0.1, 0.15) is 80.7 Å². The van der Waals surface area contributed by atoms with Gasteiger partial charge in [0.05, 0.1) is 30.8 Å². The lowest BCUT2D eigenvalue weighted by molar-refractivity contribution is -0.136. The van der Waals surface area contributed by atoms with Crippen LogP contribution in [0, 0.1) is 5.92 Å². The molecule has 0 aliphatic carbocycles. The Kier molecular flexibility index (Phi) is 9.75. The first-order valence-electron chi connectivity index (χ1n) is 20.9. The highest BCUT2D eigenvalue weighted by molar-refractivity contribution is 6.10. The molecule has 6 aliphatic heterocycles. The minimum Gasteiger partial charge on any atom is -0.378 e. The highest BCUT2D eigenvalue weighted by Crippen LogP contribution is 2.38. The molecule has 0 bridgehead atoms. The zero-order valence-corrected chi connectivity index (χ0v) is 33.0. The van der Waals surface area contributed by atoms with Gasteiger partial charge < -0.3 is 34.6 Å². The van der Waals surface area contributed by atoms with Crippen LogP contribution in [0.4, 0.5) is 17.1 Å². The van der Waals surface area contributed by atoms with E-state index >= 15 is 0 Å². The number of piperidine rings is 3. The lowest BCUT2D eigenvalue weighted by Gasteiger charge is -2.40. The van der Waals surface area contributed by atoms with Crippen LogP contribution in [0.15, 0.2) is 55.0 Å². The summed E-state index contributed by atoms with van der Waals surface area (Å²) in [5, 5.41) is 9.80. The molecule has 0 saturated carbocycles. The molecule has 306 valence electrons. The van der Waals surface area contributed by atoms with Crippen LogP contribution >= 0.6 is 0 Å². The van der Waals surface area contributed by atoms with Crippen LogP contribution in [0.5, 0.6) is 0 Å². The van der Waals surface area contributed by atoms with Crippen LogP contribution < -0.4 is 20.4 Å². The van der Waals surface area contributed by atoms with Gasteiger partial charge in [0.25, 0.3) is 17.7 Å². The molecule has 6 aliphatic rings. The molecule has 59 heavy (non-hydrogen) atoms. The third-order valence-electron chi connectivity index (χ3n) is 13.2. The number of imide groups is 1. The Morgan fingerprint density at radius 2 is 1.59 bits per heavy atom. The summed E-state index contributed by atoms with van der Waals surface area (Å²) in [6, 6.07) is 11.3. The largest absolute Gasteiger partial charge is 0.378 e. The molecule has 4 aromatic rings. The molecule has 4 saturated heterocycles. The number of hydrogen-bond acceptors (Lipinski definition) is 11. The van der Waals surface area contributed by atoms with Gasteiger partial charge in [-0.25, -0.2) is 9.50 Å². The van der Waals surface area contributed by atoms with Crippen molar-refractivity contribution in [3.05, 3.63) is 82.8 Å². The number of anilines is 3. The molecule has 16 heteroatoms. The average Bonchev–Trinajstić information content (AvgIpc) is 3.94. The van der Waals surface area contributed by atoms with Gasteiger partial charge in [-0.3, -0.25) is 29.3 Å². The average molecular weight is 801 g/mol. The standard InChI is InChI=1S/C43H48N10O6/c54-38-5-4-36(41(56)47-38)52-26-28-20-31(2-3-32(28)42(52)57)49-14-6-27(7-15-49)24-48-12-8-30(9-13-48)51-25-29-21-35(37(22-33(29)43(51)58)50-16-18-59-19-17-50)46-40(55)34-23-45-53-11-1-10-44-39(34)53/h1-3,10-11,20-23,27,30,36H,4-9,12-19,24-26H2,(H,46,55)(H,47,54,56). The summed E-state index contributed by atoms with van der Waals surface area (Å²) in [4.78, 5) is 80.1. The van der Waals surface area contributed by atoms with Gasteiger partial charge in [-0.2, -0.15) is 5.10 Å². The van der Waals surface area contributed by atoms with Gasteiger partial charge in [-0.1, -0.05) is 0 Å². The number of morpholine rings is 1. The maximum Gasteiger partial charge on any atom is 0.261 e. The Bertz CT molecular complexity index is 2340. The Hall–Kier alpha value is -5.87. The number of carbonyl (C=O) groups excluding carboxylic acids is 5. The van der Waals surface area contributed by atoms with E-state index in [2.05, 4.69) is 41.5 Å². The summed E-state index contributed by atoms with van der Waals surface area (Å²) in [5.74, 6) is -0.469. The lowest BCUT2D eigenvalue weighted by atomic mass is 9.94. The van der Waals surface area contributed by atoms with Crippen molar-refractivity contribution in [2.75, 3.05) is 74.1 Å². The number of carbonyl (C=O) groups is 5. The number of aromatic nitrogens is 3. The summed E-state index contributed by atoms with van der Waals surface area (Å²) in [5.41, 5.74) is 6.67. The number of hydrogen-bond donors (Lipinski definition) is 2. The fourth-order valence-corrected chi connectivity index (χ4v) is 9.92. The van der Waals surface area contributed by atoms with Gasteiger partial charge in [0, 0.05) is 101 Å². The van der Waals surface area contributed by atoms with Crippen molar-refractivity contribution in [2.24, 2.45) is 5.92 Å². The van der Waals surface area contributed by atoms with Gasteiger partial charge in [-0.15, -0.1) is 0 Å². The van der Waals surface area contributed by atoms with E-state index in [1.807, 2.05) is 29.2 Å². The summed E-state index contributed by atoms with van der Waals surface area (Å²) in [6.07, 6.45) is 9.53. The maximum atomic E-state index is 14.0. The molecule has 5 amide bonds. The third kappa shape index (κ3) is 7.07. The molecule has 0 radical (unpaired) electrons. The third-order valence-corrected chi connectivity index (χ3v) is 13.2. The van der Waals surface area contributed by atoms with E-state index in [-0.39, 0.29) is 42.0 Å². The normalized spacial score (nSPS) is 22.0. The fourth-order valence-electron chi connectivity index (χ4n) is 9.92. The van der Waals surface area contributed by atoms with E-state index < -0.39 is 6.04 Å². The number of nitrogens with zero attached hydrogens (tertiary/aromatic N) is 8. The molecule has 8 heterocycles. The number of amides is 5. The first-order valence-corrected chi connectivity index (χ1v) is 20.9. The number of fused-ring (bicyclic) bond motifs is 3. The van der Waals surface area contributed by atoms with E-state index in [0.717, 1.165) is 80.9 Å². The summed E-state index contributed by atoms with van der Waals surface area (Å²) < 4.78 is 7.20. The number of rotatable bonds is 8. The van der Waals surface area contributed by atoms with E-state index in [9.17, 15) is 24.0 Å². The van der Waals surface area contributed by atoms with Crippen molar-refractivity contribution < 1.29 is 28.7 Å². The van der Waals surface area contributed by atoms with Crippen LogP contribution in [0.3, 0.4) is 0 Å². The molecule has 2 aromatic carbocycles. The van der Waals surface area contributed by atoms with Crippen molar-refractivity contribution in [1.82, 2.24) is 34.6 Å². The molecule has 1 unspecified atom stereocenters. The molecular weight excluding hydrogens is 753 g/mol. The van der Waals surface area contributed by atoms with Crippen LogP contribution in [-0.4, -0.2) is 130 Å². The number of ether oxygens (including phenoxy) is 1. The van der Waals surface area contributed by atoms with Crippen LogP contribution in [0.2, 0.25) is 0 Å². The predicted molar refractivity (Wildman–Crippen MR) is 217 cm³/mol. The SMILES string of the molecule is O=C1CCC(N2Cc3cc(N4CCC(CN5CCC(N6Cc7cc(NC(=O)c8cnn9cccnc89)c(N8CCOCC8)cc7C6=O)CC5)CC4)ccc3C2=O)C(=O)N1. The number of nitrogens with one attached hydrogen (secondary N) is 2. The molecule has 0 spiro atoms. The molecule has 4 fully saturated rings. The van der Waals surface area contributed by atoms with Gasteiger partial charge >= 0.3 is 0 Å². The van der Waals surface area contributed by atoms with Gasteiger partial charge in [0.15, 0.2) is 5.65 Å². The minimum atomic E-state index is -0.610. The second-order valence-corrected chi connectivity index (χ2v) is 16.7. The van der Waals surface area contributed by atoms with Crippen molar-refractivity contribution in [2.45, 2.75) is 63.7 Å². The van der Waals surface area contributed by atoms with E-state index in [1.54, 1.807) is 27.9 Å². The Labute approximate surface area is 341 Å². The van der Waals surface area contributed by atoms with Crippen LogP contribution in [0.25, 0.3) is 5.65 Å². The second-order valence-electron chi connectivity index (χ2n) is 16.7. The van der Waals surface area contributed by atoms with E-state index in [4.69, 9.17) is 4.74 Å². The van der Waals surface area contributed by atoms with Crippen molar-refractivity contribution >= 4 is 52.2 Å². The molecule has 2 N–H and O–H groups in total. The van der Waals surface area contributed by atoms with Gasteiger partial charge in [0.2, 0.25) is 11.8 Å². The lowest BCUT2D eigenvalue weighted by Crippen LogP contribution is -2.52. The smallest absolute Gasteiger partial charge is 0.261 e. The maximum absolute atomic E-state index is 14.0. The summed E-state index contributed by atoms with van der Waals surface area (Å²) in [6.45, 7) is 8.20.